The molecule has 3 heterocycles. The van der Waals surface area contributed by atoms with E-state index in [1.165, 1.54) is 17.0 Å². The second-order valence-electron chi connectivity index (χ2n) is 4.45. The molecule has 0 atom stereocenters. The van der Waals surface area contributed by atoms with Crippen molar-refractivity contribution in [3.05, 3.63) is 47.3 Å². The average molecular weight is 228 g/mol. The summed E-state index contributed by atoms with van der Waals surface area (Å²) in [5.74, 6) is 1.13. The summed E-state index contributed by atoms with van der Waals surface area (Å²) in [6.07, 6.45) is 5.61. The fourth-order valence-electron chi connectivity index (χ4n) is 2.32. The molecule has 4 nitrogen and oxygen atoms in total. The SMILES string of the molecule is Cn1c(Cc2cccnc2)nc2c1CNCC2. The Hall–Kier alpha value is -1.68. The molecule has 0 aliphatic carbocycles. The fourth-order valence-corrected chi connectivity index (χ4v) is 2.32. The van der Waals surface area contributed by atoms with Crippen molar-refractivity contribution < 1.29 is 0 Å². The molecule has 4 heteroatoms. The Kier molecular flexibility index (Phi) is 2.65. The first-order valence-corrected chi connectivity index (χ1v) is 5.97. The van der Waals surface area contributed by atoms with Crippen molar-refractivity contribution in [2.45, 2.75) is 19.4 Å². The van der Waals surface area contributed by atoms with Crippen LogP contribution in [0.1, 0.15) is 22.8 Å². The smallest absolute Gasteiger partial charge is 0.113 e. The monoisotopic (exact) mass is 228 g/mol. The van der Waals surface area contributed by atoms with Crippen LogP contribution < -0.4 is 5.32 Å². The molecule has 0 amide bonds. The highest BCUT2D eigenvalue weighted by Crippen LogP contribution is 2.16. The van der Waals surface area contributed by atoms with Gasteiger partial charge in [0.05, 0.1) is 11.4 Å². The Balaban J connectivity index is 1.91. The first-order valence-electron chi connectivity index (χ1n) is 5.97. The zero-order valence-electron chi connectivity index (χ0n) is 9.98. The van der Waals surface area contributed by atoms with Gasteiger partial charge in [-0.2, -0.15) is 0 Å². The van der Waals surface area contributed by atoms with Gasteiger partial charge in [-0.15, -0.1) is 0 Å². The van der Waals surface area contributed by atoms with Gasteiger partial charge in [0, 0.05) is 45.4 Å². The lowest BCUT2D eigenvalue weighted by molar-refractivity contribution is 0.604. The zero-order valence-corrected chi connectivity index (χ0v) is 9.98. The number of nitrogens with one attached hydrogen (secondary N) is 1. The number of hydrogen-bond acceptors (Lipinski definition) is 3. The lowest BCUT2D eigenvalue weighted by Crippen LogP contribution is -2.24. The Morgan fingerprint density at radius 1 is 1.47 bits per heavy atom. The normalized spacial score (nSPS) is 14.6. The van der Waals surface area contributed by atoms with E-state index in [4.69, 9.17) is 4.98 Å². The van der Waals surface area contributed by atoms with Gasteiger partial charge in [0.15, 0.2) is 0 Å². The van der Waals surface area contributed by atoms with Crippen molar-refractivity contribution >= 4 is 0 Å². The highest BCUT2D eigenvalue weighted by Gasteiger charge is 2.17. The molecule has 3 rings (SSSR count). The van der Waals surface area contributed by atoms with Gasteiger partial charge in [-0.25, -0.2) is 4.98 Å². The molecule has 1 aliphatic heterocycles. The molecule has 0 unspecified atom stereocenters. The van der Waals surface area contributed by atoms with E-state index in [0.717, 1.165) is 31.8 Å². The molecule has 0 spiro atoms. The van der Waals surface area contributed by atoms with Crippen LogP contribution in [0.25, 0.3) is 0 Å². The van der Waals surface area contributed by atoms with Gasteiger partial charge in [-0.1, -0.05) is 6.07 Å². The van der Waals surface area contributed by atoms with E-state index in [0.29, 0.717) is 0 Å². The standard InChI is InChI=1S/C13H16N4/c1-17-12-9-15-6-4-11(12)16-13(17)7-10-3-2-5-14-8-10/h2-3,5,8,15H,4,6-7,9H2,1H3. The van der Waals surface area contributed by atoms with Gasteiger partial charge >= 0.3 is 0 Å². The summed E-state index contributed by atoms with van der Waals surface area (Å²) in [5.41, 5.74) is 3.80. The van der Waals surface area contributed by atoms with Gasteiger partial charge in [0.2, 0.25) is 0 Å². The summed E-state index contributed by atoms with van der Waals surface area (Å²) in [5, 5.41) is 3.39. The minimum atomic E-state index is 0.858. The van der Waals surface area contributed by atoms with E-state index < -0.39 is 0 Å². The van der Waals surface area contributed by atoms with Gasteiger partial charge in [0.25, 0.3) is 0 Å². The average Bonchev–Trinajstić information content (AvgIpc) is 2.68. The van der Waals surface area contributed by atoms with Crippen molar-refractivity contribution in [2.24, 2.45) is 7.05 Å². The summed E-state index contributed by atoms with van der Waals surface area (Å²) < 4.78 is 2.22. The van der Waals surface area contributed by atoms with Crippen molar-refractivity contribution in [3.8, 4) is 0 Å². The zero-order chi connectivity index (χ0) is 11.7. The maximum absolute atomic E-state index is 4.74. The number of aromatic nitrogens is 3. The molecule has 1 N–H and O–H groups in total. The molecule has 88 valence electrons. The summed E-state index contributed by atoms with van der Waals surface area (Å²) >= 11 is 0. The molecule has 2 aromatic heterocycles. The number of nitrogens with zero attached hydrogens (tertiary/aromatic N) is 3. The molecule has 2 aromatic rings. The van der Waals surface area contributed by atoms with Gasteiger partial charge < -0.3 is 9.88 Å². The first-order chi connectivity index (χ1) is 8.34. The van der Waals surface area contributed by atoms with Crippen molar-refractivity contribution in [2.75, 3.05) is 6.54 Å². The highest BCUT2D eigenvalue weighted by molar-refractivity contribution is 5.23. The molecular formula is C13H16N4. The van der Waals surface area contributed by atoms with Gasteiger partial charge in [-0.05, 0) is 11.6 Å². The van der Waals surface area contributed by atoms with E-state index in [9.17, 15) is 0 Å². The van der Waals surface area contributed by atoms with Crippen molar-refractivity contribution in [1.29, 1.82) is 0 Å². The van der Waals surface area contributed by atoms with E-state index in [1.54, 1.807) is 6.20 Å². The summed E-state index contributed by atoms with van der Waals surface area (Å²) in [7, 11) is 2.10. The van der Waals surface area contributed by atoms with Crippen molar-refractivity contribution in [3.63, 3.8) is 0 Å². The first kappa shape index (κ1) is 10.5. The minimum absolute atomic E-state index is 0.858. The molecular weight excluding hydrogens is 212 g/mol. The molecule has 17 heavy (non-hydrogen) atoms. The quantitative estimate of drug-likeness (QED) is 0.835. The largest absolute Gasteiger partial charge is 0.333 e. The van der Waals surface area contributed by atoms with Crippen LogP contribution in [-0.4, -0.2) is 21.1 Å². The highest BCUT2D eigenvalue weighted by atomic mass is 15.1. The van der Waals surface area contributed by atoms with Crippen LogP contribution in [0.4, 0.5) is 0 Å². The Morgan fingerprint density at radius 3 is 3.18 bits per heavy atom. The number of fused-ring (bicyclic) bond motifs is 1. The molecule has 1 aliphatic rings. The number of hydrogen-bond donors (Lipinski definition) is 1. The van der Waals surface area contributed by atoms with Crippen LogP contribution in [0.2, 0.25) is 0 Å². The van der Waals surface area contributed by atoms with Gasteiger partial charge in [-0.3, -0.25) is 4.98 Å². The number of imidazole rings is 1. The molecule has 0 saturated heterocycles. The molecule has 0 radical (unpaired) electrons. The maximum atomic E-state index is 4.74. The van der Waals surface area contributed by atoms with E-state index in [1.807, 2.05) is 12.3 Å². The van der Waals surface area contributed by atoms with Crippen molar-refractivity contribution in [1.82, 2.24) is 19.9 Å². The minimum Gasteiger partial charge on any atom is -0.333 e. The fraction of sp³-hybridized carbons (Fsp3) is 0.385. The molecule has 0 fully saturated rings. The van der Waals surface area contributed by atoms with Crippen LogP contribution in [0, 0.1) is 0 Å². The number of pyridine rings is 1. The van der Waals surface area contributed by atoms with Crippen LogP contribution in [-0.2, 0) is 26.4 Å². The van der Waals surface area contributed by atoms with Crippen LogP contribution in [0.15, 0.2) is 24.5 Å². The second kappa shape index (κ2) is 4.30. The van der Waals surface area contributed by atoms with E-state index in [-0.39, 0.29) is 0 Å². The lowest BCUT2D eigenvalue weighted by Gasteiger charge is -2.13. The third-order valence-corrected chi connectivity index (χ3v) is 3.31. The Labute approximate surface area is 101 Å². The summed E-state index contributed by atoms with van der Waals surface area (Å²) in [4.78, 5) is 8.88. The predicted octanol–water partition coefficient (Wildman–Crippen LogP) is 1.05. The lowest BCUT2D eigenvalue weighted by atomic mass is 10.2. The Morgan fingerprint density at radius 2 is 2.41 bits per heavy atom. The summed E-state index contributed by atoms with van der Waals surface area (Å²) in [6, 6.07) is 4.07. The van der Waals surface area contributed by atoms with E-state index >= 15 is 0 Å². The summed E-state index contributed by atoms with van der Waals surface area (Å²) in [6.45, 7) is 1.97. The third kappa shape index (κ3) is 1.96. The maximum Gasteiger partial charge on any atom is 0.113 e. The Bertz CT molecular complexity index is 516. The van der Waals surface area contributed by atoms with E-state index in [2.05, 4.69) is 28.0 Å². The van der Waals surface area contributed by atoms with Crippen LogP contribution in [0.3, 0.4) is 0 Å². The van der Waals surface area contributed by atoms with Crippen LogP contribution >= 0.6 is 0 Å². The topological polar surface area (TPSA) is 42.7 Å². The molecule has 0 aromatic carbocycles. The van der Waals surface area contributed by atoms with Gasteiger partial charge in [0.1, 0.15) is 5.82 Å². The molecule has 0 saturated carbocycles. The second-order valence-corrected chi connectivity index (χ2v) is 4.45. The third-order valence-electron chi connectivity index (χ3n) is 3.31. The van der Waals surface area contributed by atoms with Crippen LogP contribution in [0.5, 0.6) is 0 Å². The number of rotatable bonds is 2. The predicted molar refractivity (Wildman–Crippen MR) is 65.7 cm³/mol. The molecule has 0 bridgehead atoms.